The van der Waals surface area contributed by atoms with Gasteiger partial charge in [0, 0.05) is 36.7 Å². The number of nitrogens with one attached hydrogen (secondary N) is 2. The SMILES string of the molecule is C=CC(=O)NC1CN(c2nc(Nc3ccccc3F)ncc2-c2ccc(Oc3nccc(C)n3)c(F)c2)C1. The average molecular weight is 516 g/mol. The van der Waals surface area contributed by atoms with E-state index in [1.165, 1.54) is 30.5 Å². The summed E-state index contributed by atoms with van der Waals surface area (Å²) in [5.41, 5.74) is 1.97. The first kappa shape index (κ1) is 24.8. The van der Waals surface area contributed by atoms with E-state index in [1.54, 1.807) is 43.5 Å². The number of anilines is 3. The first-order chi connectivity index (χ1) is 18.4. The van der Waals surface area contributed by atoms with Crippen molar-refractivity contribution in [2.75, 3.05) is 23.3 Å². The van der Waals surface area contributed by atoms with E-state index in [4.69, 9.17) is 4.74 Å². The van der Waals surface area contributed by atoms with Crippen molar-refractivity contribution in [1.29, 1.82) is 0 Å². The van der Waals surface area contributed by atoms with Crippen molar-refractivity contribution in [2.24, 2.45) is 0 Å². The van der Waals surface area contributed by atoms with Gasteiger partial charge in [-0.1, -0.05) is 24.8 Å². The van der Waals surface area contributed by atoms with Crippen LogP contribution in [0.15, 0.2) is 73.6 Å². The molecule has 11 heteroatoms. The second kappa shape index (κ2) is 10.6. The number of carbonyl (C=O) groups excluding carboxylic acids is 1. The molecule has 9 nitrogen and oxygen atoms in total. The van der Waals surface area contributed by atoms with Crippen LogP contribution in [-0.2, 0) is 4.79 Å². The third kappa shape index (κ3) is 5.41. The van der Waals surface area contributed by atoms with Gasteiger partial charge in [-0.2, -0.15) is 4.98 Å². The molecule has 0 radical (unpaired) electrons. The molecule has 192 valence electrons. The van der Waals surface area contributed by atoms with Crippen molar-refractivity contribution in [3.05, 3.63) is 90.9 Å². The Hall–Kier alpha value is -4.93. The van der Waals surface area contributed by atoms with Crippen molar-refractivity contribution >= 4 is 23.4 Å². The van der Waals surface area contributed by atoms with E-state index >= 15 is 4.39 Å². The molecule has 0 saturated carbocycles. The first-order valence-electron chi connectivity index (χ1n) is 11.7. The highest BCUT2D eigenvalue weighted by molar-refractivity contribution is 5.87. The van der Waals surface area contributed by atoms with E-state index in [0.29, 0.717) is 35.7 Å². The maximum atomic E-state index is 15.1. The topological polar surface area (TPSA) is 105 Å². The maximum Gasteiger partial charge on any atom is 0.322 e. The zero-order chi connectivity index (χ0) is 26.6. The third-order valence-corrected chi connectivity index (χ3v) is 5.82. The van der Waals surface area contributed by atoms with Gasteiger partial charge in [-0.05, 0) is 48.9 Å². The van der Waals surface area contributed by atoms with E-state index in [1.807, 2.05) is 4.90 Å². The van der Waals surface area contributed by atoms with Gasteiger partial charge in [0.25, 0.3) is 0 Å². The number of nitrogens with zero attached hydrogens (tertiary/aromatic N) is 5. The van der Waals surface area contributed by atoms with Gasteiger partial charge in [0.2, 0.25) is 11.9 Å². The Morgan fingerprint density at radius 1 is 1.11 bits per heavy atom. The summed E-state index contributed by atoms with van der Waals surface area (Å²) in [6.45, 7) is 6.19. The number of aromatic nitrogens is 4. The molecule has 0 spiro atoms. The van der Waals surface area contributed by atoms with Crippen molar-refractivity contribution in [1.82, 2.24) is 25.3 Å². The van der Waals surface area contributed by atoms with Gasteiger partial charge in [-0.3, -0.25) is 4.79 Å². The first-order valence-corrected chi connectivity index (χ1v) is 11.7. The molecule has 3 heterocycles. The van der Waals surface area contributed by atoms with Crippen LogP contribution in [0.25, 0.3) is 11.1 Å². The fourth-order valence-corrected chi connectivity index (χ4v) is 3.89. The van der Waals surface area contributed by atoms with Gasteiger partial charge < -0.3 is 20.3 Å². The van der Waals surface area contributed by atoms with E-state index in [2.05, 4.69) is 37.1 Å². The highest BCUT2D eigenvalue weighted by atomic mass is 19.1. The average Bonchev–Trinajstić information content (AvgIpc) is 2.88. The fraction of sp³-hybridized carbons (Fsp3) is 0.148. The number of carbonyl (C=O) groups is 1. The molecule has 4 aromatic rings. The number of ether oxygens (including phenoxy) is 1. The predicted octanol–water partition coefficient (Wildman–Crippen LogP) is 4.55. The van der Waals surface area contributed by atoms with Crippen LogP contribution in [0.1, 0.15) is 5.69 Å². The summed E-state index contributed by atoms with van der Waals surface area (Å²) < 4.78 is 34.8. The van der Waals surface area contributed by atoms with Gasteiger partial charge in [-0.25, -0.2) is 23.7 Å². The monoisotopic (exact) mass is 515 g/mol. The van der Waals surface area contributed by atoms with Crippen LogP contribution < -0.4 is 20.3 Å². The van der Waals surface area contributed by atoms with Gasteiger partial charge >= 0.3 is 6.01 Å². The fourth-order valence-electron chi connectivity index (χ4n) is 3.89. The van der Waals surface area contributed by atoms with Crippen molar-refractivity contribution < 1.29 is 18.3 Å². The van der Waals surface area contributed by atoms with Crippen molar-refractivity contribution in [2.45, 2.75) is 13.0 Å². The molecule has 2 N–H and O–H groups in total. The van der Waals surface area contributed by atoms with E-state index in [9.17, 15) is 9.18 Å². The Balaban J connectivity index is 1.44. The third-order valence-electron chi connectivity index (χ3n) is 5.82. The predicted molar refractivity (Wildman–Crippen MR) is 138 cm³/mol. The molecule has 1 aliphatic rings. The molecule has 1 saturated heterocycles. The van der Waals surface area contributed by atoms with Crippen LogP contribution in [-0.4, -0.2) is 45.0 Å². The minimum absolute atomic E-state index is 0.0317. The number of halogens is 2. The number of para-hydroxylation sites is 1. The lowest BCUT2D eigenvalue weighted by molar-refractivity contribution is -0.117. The number of aryl methyl sites for hydroxylation is 1. The van der Waals surface area contributed by atoms with E-state index in [0.717, 1.165) is 0 Å². The van der Waals surface area contributed by atoms with Crippen LogP contribution >= 0.6 is 0 Å². The van der Waals surface area contributed by atoms with Crippen LogP contribution in [0.4, 0.5) is 26.2 Å². The molecular weight excluding hydrogens is 492 g/mol. The molecule has 0 bridgehead atoms. The zero-order valence-corrected chi connectivity index (χ0v) is 20.4. The molecule has 0 unspecified atom stereocenters. The number of benzene rings is 2. The number of amides is 1. The summed E-state index contributed by atoms with van der Waals surface area (Å²) in [6, 6.07) is 12.3. The lowest BCUT2D eigenvalue weighted by Gasteiger charge is -2.41. The van der Waals surface area contributed by atoms with Crippen molar-refractivity contribution in [3.63, 3.8) is 0 Å². The normalized spacial score (nSPS) is 13.0. The largest absolute Gasteiger partial charge is 0.421 e. The Labute approximate surface area is 217 Å². The number of hydrogen-bond acceptors (Lipinski definition) is 8. The minimum atomic E-state index is -0.619. The lowest BCUT2D eigenvalue weighted by atomic mass is 10.0. The Kier molecular flexibility index (Phi) is 6.90. The molecule has 1 fully saturated rings. The summed E-state index contributed by atoms with van der Waals surface area (Å²) >= 11 is 0. The molecule has 1 aliphatic heterocycles. The molecule has 5 rings (SSSR count). The molecular formula is C27H23F2N7O2. The molecule has 2 aromatic heterocycles. The van der Waals surface area contributed by atoms with E-state index < -0.39 is 11.6 Å². The van der Waals surface area contributed by atoms with Crippen LogP contribution in [0.5, 0.6) is 11.8 Å². The molecule has 0 atom stereocenters. The second-order valence-corrected chi connectivity index (χ2v) is 8.58. The second-order valence-electron chi connectivity index (χ2n) is 8.58. The summed E-state index contributed by atoms with van der Waals surface area (Å²) in [6.07, 6.45) is 4.28. The Morgan fingerprint density at radius 3 is 2.66 bits per heavy atom. The standard InChI is InChI=1S/C27H23F2N7O2/c1-3-24(37)33-18-14-36(15-18)25-19(13-31-26(35-25)34-22-7-5-4-6-20(22)28)17-8-9-23(21(29)12-17)38-27-30-11-10-16(2)32-27/h3-13,18H,1,14-15H2,2H3,(H,33,37)(H,31,34,35). The lowest BCUT2D eigenvalue weighted by Crippen LogP contribution is -2.59. The summed E-state index contributed by atoms with van der Waals surface area (Å²) in [5.74, 6) is -0.701. The Morgan fingerprint density at radius 2 is 1.92 bits per heavy atom. The van der Waals surface area contributed by atoms with Crippen LogP contribution in [0, 0.1) is 18.6 Å². The van der Waals surface area contributed by atoms with Gasteiger partial charge in [0.1, 0.15) is 11.6 Å². The highest BCUT2D eigenvalue weighted by Gasteiger charge is 2.31. The summed E-state index contributed by atoms with van der Waals surface area (Å²) in [7, 11) is 0. The van der Waals surface area contributed by atoms with Gasteiger partial charge in [0.05, 0.1) is 11.7 Å². The molecule has 0 aliphatic carbocycles. The molecule has 38 heavy (non-hydrogen) atoms. The quantitative estimate of drug-likeness (QED) is 0.330. The smallest absolute Gasteiger partial charge is 0.322 e. The van der Waals surface area contributed by atoms with Gasteiger partial charge in [-0.15, -0.1) is 0 Å². The van der Waals surface area contributed by atoms with E-state index in [-0.39, 0.29) is 35.3 Å². The minimum Gasteiger partial charge on any atom is -0.421 e. The zero-order valence-electron chi connectivity index (χ0n) is 20.4. The maximum absolute atomic E-state index is 15.1. The van der Waals surface area contributed by atoms with Gasteiger partial charge in [0.15, 0.2) is 11.6 Å². The highest BCUT2D eigenvalue weighted by Crippen LogP contribution is 2.35. The molecule has 2 aromatic carbocycles. The summed E-state index contributed by atoms with van der Waals surface area (Å²) in [4.78, 5) is 30.7. The van der Waals surface area contributed by atoms with Crippen molar-refractivity contribution in [3.8, 4) is 22.9 Å². The van der Waals surface area contributed by atoms with Crippen LogP contribution in [0.3, 0.4) is 0 Å². The number of hydrogen-bond donors (Lipinski definition) is 2. The van der Waals surface area contributed by atoms with Crippen LogP contribution in [0.2, 0.25) is 0 Å². The Bertz CT molecular complexity index is 1510. The summed E-state index contributed by atoms with van der Waals surface area (Å²) in [5, 5.41) is 5.72. The number of rotatable bonds is 8. The molecule has 1 amide bonds.